The van der Waals surface area contributed by atoms with Crippen molar-refractivity contribution in [1.82, 2.24) is 0 Å². The summed E-state index contributed by atoms with van der Waals surface area (Å²) >= 11 is 0. The van der Waals surface area contributed by atoms with Gasteiger partial charge in [-0.1, -0.05) is 30.3 Å². The predicted molar refractivity (Wildman–Crippen MR) is 66.2 cm³/mol. The van der Waals surface area contributed by atoms with Gasteiger partial charge in [-0.2, -0.15) is 0 Å². The molecule has 1 aliphatic heterocycles. The van der Waals surface area contributed by atoms with E-state index in [0.717, 1.165) is 5.56 Å². The molecule has 1 heterocycles. The molecule has 1 aromatic rings. The number of ether oxygens (including phenoxy) is 2. The molecular weight excluding hydrogens is 268 g/mol. The molecule has 7 heteroatoms. The van der Waals surface area contributed by atoms with Gasteiger partial charge in [0.2, 0.25) is 0 Å². The zero-order valence-corrected chi connectivity index (χ0v) is 10.7. The summed E-state index contributed by atoms with van der Waals surface area (Å²) in [7, 11) is 0. The summed E-state index contributed by atoms with van der Waals surface area (Å²) in [5.74, 6) is -2.50. The molecule has 20 heavy (non-hydrogen) atoms. The molecule has 0 aromatic heterocycles. The zero-order chi connectivity index (χ0) is 14.8. The van der Waals surface area contributed by atoms with Crippen LogP contribution in [0.2, 0.25) is 0 Å². The topological polar surface area (TPSA) is 120 Å². The normalized spacial score (nSPS) is 37.9. The van der Waals surface area contributed by atoms with Crippen molar-refractivity contribution in [3.8, 4) is 0 Å². The molecule has 0 bridgehead atoms. The van der Waals surface area contributed by atoms with Crippen LogP contribution in [0.3, 0.4) is 0 Å². The Kier molecular flexibility index (Phi) is 4.71. The fraction of sp³-hybridized carbons (Fsp3) is 0.538. The van der Waals surface area contributed by atoms with Crippen molar-refractivity contribution in [3.05, 3.63) is 35.9 Å². The Morgan fingerprint density at radius 2 is 1.75 bits per heavy atom. The van der Waals surface area contributed by atoms with Gasteiger partial charge in [0.1, 0.15) is 18.3 Å². The lowest BCUT2D eigenvalue weighted by Crippen LogP contribution is -2.66. The predicted octanol–water partition coefficient (Wildman–Crippen LogP) is -1.68. The third-order valence-corrected chi connectivity index (χ3v) is 3.22. The maximum absolute atomic E-state index is 10.1. The number of aliphatic hydroxyl groups excluding tert-OH is 4. The minimum atomic E-state index is -2.50. The highest BCUT2D eigenvalue weighted by molar-refractivity contribution is 5.13. The number of rotatable bonds is 4. The van der Waals surface area contributed by atoms with E-state index in [1.165, 1.54) is 0 Å². The molecule has 0 spiro atoms. The molecule has 1 fully saturated rings. The Morgan fingerprint density at radius 3 is 2.35 bits per heavy atom. The molecule has 1 saturated heterocycles. The first-order valence-corrected chi connectivity index (χ1v) is 6.21. The Balaban J connectivity index is 2.07. The van der Waals surface area contributed by atoms with Gasteiger partial charge >= 0.3 is 5.97 Å². The molecule has 0 amide bonds. The van der Waals surface area contributed by atoms with E-state index in [9.17, 15) is 20.4 Å². The van der Waals surface area contributed by atoms with Gasteiger partial charge in [-0.05, 0) is 5.56 Å². The van der Waals surface area contributed by atoms with Crippen molar-refractivity contribution in [1.29, 1.82) is 0 Å². The average molecular weight is 286 g/mol. The first-order valence-electron chi connectivity index (χ1n) is 6.21. The molecule has 0 aliphatic carbocycles. The highest BCUT2D eigenvalue weighted by atomic mass is 16.8. The van der Waals surface area contributed by atoms with Crippen LogP contribution in [0.25, 0.3) is 0 Å². The van der Waals surface area contributed by atoms with Crippen molar-refractivity contribution >= 4 is 0 Å². The molecule has 0 radical (unpaired) electrons. The quantitative estimate of drug-likeness (QED) is 0.419. The molecule has 0 saturated carbocycles. The van der Waals surface area contributed by atoms with Crippen LogP contribution in [0.1, 0.15) is 5.56 Å². The summed E-state index contributed by atoms with van der Waals surface area (Å²) in [5, 5.41) is 48.1. The number of aliphatic hydroxyl groups is 5. The molecule has 5 atom stereocenters. The van der Waals surface area contributed by atoms with Crippen LogP contribution in [0, 0.1) is 0 Å². The van der Waals surface area contributed by atoms with Gasteiger partial charge < -0.3 is 35.0 Å². The molecular formula is C13H18O7. The zero-order valence-electron chi connectivity index (χ0n) is 10.7. The minimum Gasteiger partial charge on any atom is -0.394 e. The fourth-order valence-electron chi connectivity index (χ4n) is 2.00. The van der Waals surface area contributed by atoms with E-state index in [-0.39, 0.29) is 6.61 Å². The van der Waals surface area contributed by atoms with E-state index >= 15 is 0 Å². The van der Waals surface area contributed by atoms with E-state index < -0.39 is 37.0 Å². The maximum atomic E-state index is 10.1. The number of benzene rings is 1. The second-order valence-corrected chi connectivity index (χ2v) is 4.67. The standard InChI is InChI=1S/C13H18O7/c14-6-9-10(15)11(16)12(17)13(18,20-9)19-7-8-4-2-1-3-5-8/h1-5,9-12,14-18H,6-7H2/t9-,10-,11+,12-,13-/m1/s1. The summed E-state index contributed by atoms with van der Waals surface area (Å²) in [4.78, 5) is 0. The van der Waals surface area contributed by atoms with Gasteiger partial charge in [0.05, 0.1) is 13.2 Å². The third kappa shape index (κ3) is 2.99. The van der Waals surface area contributed by atoms with Gasteiger partial charge in [-0.15, -0.1) is 0 Å². The second-order valence-electron chi connectivity index (χ2n) is 4.67. The lowest BCUT2D eigenvalue weighted by atomic mass is 9.98. The summed E-state index contributed by atoms with van der Waals surface area (Å²) in [5.41, 5.74) is 0.720. The van der Waals surface area contributed by atoms with E-state index in [4.69, 9.17) is 14.6 Å². The van der Waals surface area contributed by atoms with Crippen molar-refractivity contribution in [3.63, 3.8) is 0 Å². The minimum absolute atomic E-state index is 0.0740. The molecule has 1 aliphatic rings. The van der Waals surface area contributed by atoms with Crippen LogP contribution in [0.15, 0.2) is 30.3 Å². The van der Waals surface area contributed by atoms with E-state index in [1.807, 2.05) is 6.07 Å². The monoisotopic (exact) mass is 286 g/mol. The Bertz CT molecular complexity index is 424. The van der Waals surface area contributed by atoms with Crippen LogP contribution in [0.5, 0.6) is 0 Å². The van der Waals surface area contributed by atoms with Crippen LogP contribution < -0.4 is 0 Å². The maximum Gasteiger partial charge on any atom is 0.311 e. The van der Waals surface area contributed by atoms with Crippen molar-refractivity contribution < 1.29 is 35.0 Å². The van der Waals surface area contributed by atoms with Crippen molar-refractivity contribution in [2.45, 2.75) is 37.0 Å². The summed E-state index contributed by atoms with van der Waals surface area (Å²) in [6.45, 7) is -0.711. The van der Waals surface area contributed by atoms with E-state index in [2.05, 4.69) is 0 Å². The second kappa shape index (κ2) is 6.15. The lowest BCUT2D eigenvalue weighted by molar-refractivity contribution is -0.452. The van der Waals surface area contributed by atoms with Crippen LogP contribution >= 0.6 is 0 Å². The van der Waals surface area contributed by atoms with Crippen LogP contribution in [-0.2, 0) is 16.1 Å². The number of hydrogen-bond acceptors (Lipinski definition) is 7. The number of hydrogen-bond donors (Lipinski definition) is 5. The first-order chi connectivity index (χ1) is 9.48. The van der Waals surface area contributed by atoms with Gasteiger partial charge in [0.15, 0.2) is 6.10 Å². The summed E-state index contributed by atoms with van der Waals surface area (Å²) in [6, 6.07) is 8.85. The van der Waals surface area contributed by atoms with Crippen LogP contribution in [0.4, 0.5) is 0 Å². The smallest absolute Gasteiger partial charge is 0.311 e. The van der Waals surface area contributed by atoms with Gasteiger partial charge in [-0.25, -0.2) is 0 Å². The molecule has 112 valence electrons. The van der Waals surface area contributed by atoms with Gasteiger partial charge in [0.25, 0.3) is 0 Å². The lowest BCUT2D eigenvalue weighted by Gasteiger charge is -2.44. The highest BCUT2D eigenvalue weighted by Crippen LogP contribution is 2.29. The molecule has 7 nitrogen and oxygen atoms in total. The molecule has 0 unspecified atom stereocenters. The summed E-state index contributed by atoms with van der Waals surface area (Å²) in [6.07, 6.45) is -6.32. The Morgan fingerprint density at radius 1 is 1.10 bits per heavy atom. The third-order valence-electron chi connectivity index (χ3n) is 3.22. The largest absolute Gasteiger partial charge is 0.394 e. The summed E-state index contributed by atoms with van der Waals surface area (Å²) < 4.78 is 10.1. The highest BCUT2D eigenvalue weighted by Gasteiger charge is 2.53. The van der Waals surface area contributed by atoms with Gasteiger partial charge in [0, 0.05) is 0 Å². The van der Waals surface area contributed by atoms with E-state index in [1.54, 1.807) is 24.3 Å². The van der Waals surface area contributed by atoms with Crippen molar-refractivity contribution in [2.24, 2.45) is 0 Å². The molecule has 5 N–H and O–H groups in total. The average Bonchev–Trinajstić information content (AvgIpc) is 2.48. The fourth-order valence-corrected chi connectivity index (χ4v) is 2.00. The molecule has 1 aromatic carbocycles. The van der Waals surface area contributed by atoms with Crippen molar-refractivity contribution in [2.75, 3.05) is 6.61 Å². The van der Waals surface area contributed by atoms with E-state index in [0.29, 0.717) is 0 Å². The van der Waals surface area contributed by atoms with Gasteiger partial charge in [-0.3, -0.25) is 0 Å². The SMILES string of the molecule is OC[C@H]1O[C@](O)(OCc2ccccc2)[C@H](O)[C@@H](O)[C@@H]1O. The molecule has 2 rings (SSSR count). The van der Waals surface area contributed by atoms with Crippen LogP contribution in [-0.4, -0.2) is 62.5 Å². The first kappa shape index (κ1) is 15.3. The Hall–Kier alpha value is -1.06. The Labute approximate surface area is 115 Å².